The standard InChI is InChI=1S/C30H51BO5Si/c1-20-16-21(22-18-32-29(9,10)34-24(22)17-20)25-23(31-35-27(5,6)28(7,8)36-31)14-15-30(25,11)19-33-37(12,13)26(2,3)4/h16-17,23,25H,14-15,18-19H2,1-13H3/t23-,25-,30-/m0/s1. The van der Waals surface area contributed by atoms with E-state index in [9.17, 15) is 0 Å². The number of ether oxygens (including phenoxy) is 2. The molecule has 1 saturated carbocycles. The van der Waals surface area contributed by atoms with Crippen LogP contribution < -0.4 is 4.74 Å². The molecule has 0 unspecified atom stereocenters. The molecule has 5 nitrogen and oxygen atoms in total. The van der Waals surface area contributed by atoms with E-state index in [2.05, 4.69) is 87.5 Å². The Morgan fingerprint density at radius 3 is 2.16 bits per heavy atom. The number of aryl methyl sites for hydroxylation is 1. The van der Waals surface area contributed by atoms with Gasteiger partial charge < -0.3 is 23.2 Å². The summed E-state index contributed by atoms with van der Waals surface area (Å²) < 4.78 is 32.8. The van der Waals surface area contributed by atoms with Crippen LogP contribution in [0.25, 0.3) is 0 Å². The summed E-state index contributed by atoms with van der Waals surface area (Å²) in [5, 5.41) is 0.165. The molecule has 0 aromatic heterocycles. The van der Waals surface area contributed by atoms with Crippen molar-refractivity contribution in [2.24, 2.45) is 5.41 Å². The molecule has 3 atom stereocenters. The Balaban J connectivity index is 1.78. The Hall–Kier alpha value is -0.858. The van der Waals surface area contributed by atoms with Crippen molar-refractivity contribution in [3.05, 3.63) is 28.8 Å². The first-order valence-corrected chi connectivity index (χ1v) is 17.0. The van der Waals surface area contributed by atoms with Gasteiger partial charge in [-0.25, -0.2) is 0 Å². The van der Waals surface area contributed by atoms with Crippen LogP contribution in [0.3, 0.4) is 0 Å². The molecule has 208 valence electrons. The van der Waals surface area contributed by atoms with Gasteiger partial charge >= 0.3 is 7.12 Å². The lowest BCUT2D eigenvalue weighted by Crippen LogP contribution is -2.44. The van der Waals surface area contributed by atoms with Gasteiger partial charge in [-0.15, -0.1) is 0 Å². The summed E-state index contributed by atoms with van der Waals surface area (Å²) in [5.74, 6) is 0.732. The molecule has 1 saturated heterocycles. The Morgan fingerprint density at radius 1 is 1.00 bits per heavy atom. The lowest BCUT2D eigenvalue weighted by atomic mass is 9.60. The minimum Gasteiger partial charge on any atom is -0.463 e. The fraction of sp³-hybridized carbons (Fsp3) is 0.800. The molecule has 0 N–H and O–H groups in total. The normalized spacial score (nSPS) is 30.8. The molecule has 37 heavy (non-hydrogen) atoms. The van der Waals surface area contributed by atoms with Gasteiger partial charge in [0.05, 0.1) is 17.8 Å². The predicted molar refractivity (Wildman–Crippen MR) is 154 cm³/mol. The smallest absolute Gasteiger partial charge is 0.461 e. The monoisotopic (exact) mass is 530 g/mol. The average Bonchev–Trinajstić information content (AvgIpc) is 3.17. The van der Waals surface area contributed by atoms with Crippen molar-refractivity contribution >= 4 is 15.4 Å². The van der Waals surface area contributed by atoms with Gasteiger partial charge in [0.1, 0.15) is 5.75 Å². The summed E-state index contributed by atoms with van der Waals surface area (Å²) in [4.78, 5) is 0. The predicted octanol–water partition coefficient (Wildman–Crippen LogP) is 8.01. The van der Waals surface area contributed by atoms with Crippen molar-refractivity contribution in [3.63, 3.8) is 0 Å². The lowest BCUT2D eigenvalue weighted by molar-refractivity contribution is -0.180. The maximum absolute atomic E-state index is 6.93. The van der Waals surface area contributed by atoms with Crippen LogP contribution in [-0.4, -0.2) is 39.0 Å². The molecule has 3 aliphatic rings. The van der Waals surface area contributed by atoms with E-state index < -0.39 is 14.1 Å². The minimum absolute atomic E-state index is 0.0572. The highest BCUT2D eigenvalue weighted by molar-refractivity contribution is 6.74. The van der Waals surface area contributed by atoms with Gasteiger partial charge in [0.2, 0.25) is 5.79 Å². The van der Waals surface area contributed by atoms with Gasteiger partial charge in [-0.2, -0.15) is 0 Å². The fourth-order valence-corrected chi connectivity index (χ4v) is 7.02. The van der Waals surface area contributed by atoms with Crippen LogP contribution in [-0.2, 0) is 25.1 Å². The van der Waals surface area contributed by atoms with Gasteiger partial charge in [-0.1, -0.05) is 40.2 Å². The van der Waals surface area contributed by atoms with Gasteiger partial charge in [-0.3, -0.25) is 0 Å². The highest BCUT2D eigenvalue weighted by Crippen LogP contribution is 2.61. The number of fused-ring (bicyclic) bond motifs is 1. The van der Waals surface area contributed by atoms with E-state index in [0.717, 1.165) is 30.8 Å². The number of rotatable bonds is 5. The van der Waals surface area contributed by atoms with Crippen molar-refractivity contribution in [1.29, 1.82) is 0 Å². The first-order valence-electron chi connectivity index (χ1n) is 14.1. The van der Waals surface area contributed by atoms with Gasteiger partial charge in [0, 0.05) is 31.8 Å². The molecule has 0 radical (unpaired) electrons. The van der Waals surface area contributed by atoms with Crippen molar-refractivity contribution < 1.29 is 23.2 Å². The SMILES string of the molecule is Cc1cc2c(c([C@H]3[C@@H](B4OC(C)(C)C(C)(C)O4)CC[C@@]3(C)CO[Si](C)(C)C(C)(C)C)c1)COC(C)(C)O2. The molecule has 0 amide bonds. The minimum atomic E-state index is -1.92. The molecule has 1 aromatic rings. The van der Waals surface area contributed by atoms with Crippen LogP contribution in [0.1, 0.15) is 105 Å². The van der Waals surface area contributed by atoms with Crippen LogP contribution >= 0.6 is 0 Å². The summed E-state index contributed by atoms with van der Waals surface area (Å²) in [6, 6.07) is 4.51. The summed E-state index contributed by atoms with van der Waals surface area (Å²) in [5.41, 5.74) is 2.90. The van der Waals surface area contributed by atoms with E-state index in [0.29, 0.717) is 6.61 Å². The van der Waals surface area contributed by atoms with E-state index in [1.54, 1.807) is 0 Å². The molecule has 2 fully saturated rings. The lowest BCUT2D eigenvalue weighted by Gasteiger charge is -2.43. The zero-order valence-corrected chi connectivity index (χ0v) is 26.8. The van der Waals surface area contributed by atoms with E-state index in [1.807, 2.05) is 13.8 Å². The molecule has 7 heteroatoms. The summed E-state index contributed by atoms with van der Waals surface area (Å²) >= 11 is 0. The third-order valence-corrected chi connectivity index (χ3v) is 14.5. The van der Waals surface area contributed by atoms with E-state index in [4.69, 9.17) is 23.2 Å². The molecule has 2 aliphatic heterocycles. The molecule has 1 aromatic carbocycles. The Labute approximate surface area is 227 Å². The Bertz CT molecular complexity index is 1010. The topological polar surface area (TPSA) is 46.2 Å². The maximum Gasteiger partial charge on any atom is 0.461 e. The highest BCUT2D eigenvalue weighted by Gasteiger charge is 2.60. The summed E-state index contributed by atoms with van der Waals surface area (Å²) in [6.07, 6.45) is 2.10. The second kappa shape index (κ2) is 9.09. The largest absolute Gasteiger partial charge is 0.463 e. The molecule has 0 bridgehead atoms. The van der Waals surface area contributed by atoms with Crippen molar-refractivity contribution in [3.8, 4) is 5.75 Å². The second-order valence-corrected chi connectivity index (χ2v) is 19.9. The molecule has 0 spiro atoms. The van der Waals surface area contributed by atoms with Crippen LogP contribution in [0.5, 0.6) is 5.75 Å². The Kier molecular flexibility index (Phi) is 7.15. The van der Waals surface area contributed by atoms with Crippen LogP contribution in [0.2, 0.25) is 23.9 Å². The van der Waals surface area contributed by atoms with Crippen LogP contribution in [0, 0.1) is 12.3 Å². The molecule has 4 rings (SSSR count). The van der Waals surface area contributed by atoms with Crippen molar-refractivity contribution in [2.75, 3.05) is 6.61 Å². The van der Waals surface area contributed by atoms with E-state index >= 15 is 0 Å². The first-order chi connectivity index (χ1) is 16.7. The third kappa shape index (κ3) is 5.32. The molecule has 2 heterocycles. The summed E-state index contributed by atoms with van der Waals surface area (Å²) in [7, 11) is -2.18. The van der Waals surface area contributed by atoms with Gasteiger partial charge in [0.25, 0.3) is 0 Å². The zero-order chi connectivity index (χ0) is 27.8. The highest BCUT2D eigenvalue weighted by atomic mass is 28.4. The van der Waals surface area contributed by atoms with Crippen LogP contribution in [0.15, 0.2) is 12.1 Å². The summed E-state index contributed by atoms with van der Waals surface area (Å²) in [6.45, 7) is 30.1. The number of benzene rings is 1. The number of hydrogen-bond acceptors (Lipinski definition) is 5. The van der Waals surface area contributed by atoms with Crippen molar-refractivity contribution in [2.45, 2.75) is 142 Å². The van der Waals surface area contributed by atoms with Crippen LogP contribution in [0.4, 0.5) is 0 Å². The third-order valence-electron chi connectivity index (χ3n) is 10.1. The molecular weight excluding hydrogens is 479 g/mol. The second-order valence-electron chi connectivity index (χ2n) is 15.1. The zero-order valence-electron chi connectivity index (χ0n) is 25.8. The van der Waals surface area contributed by atoms with Gasteiger partial charge in [-0.05, 0) is 87.7 Å². The first kappa shape index (κ1) is 29.1. The maximum atomic E-state index is 6.93. The van der Waals surface area contributed by atoms with E-state index in [-0.39, 0.29) is 40.5 Å². The average molecular weight is 531 g/mol. The molecule has 1 aliphatic carbocycles. The van der Waals surface area contributed by atoms with Crippen molar-refractivity contribution in [1.82, 2.24) is 0 Å². The molecular formula is C30H51BO5Si. The quantitative estimate of drug-likeness (QED) is 0.361. The fourth-order valence-electron chi connectivity index (χ4n) is 5.90. The van der Waals surface area contributed by atoms with Gasteiger partial charge in [0.15, 0.2) is 8.32 Å². The number of hydrogen-bond donors (Lipinski definition) is 0. The Morgan fingerprint density at radius 2 is 1.59 bits per heavy atom. The van der Waals surface area contributed by atoms with E-state index in [1.165, 1.54) is 11.1 Å².